The van der Waals surface area contributed by atoms with Crippen molar-refractivity contribution >= 4 is 22.6 Å². The van der Waals surface area contributed by atoms with Crippen LogP contribution in [0.4, 0.5) is 5.69 Å². The summed E-state index contributed by atoms with van der Waals surface area (Å²) < 4.78 is 2.05. The van der Waals surface area contributed by atoms with E-state index in [-0.39, 0.29) is 11.8 Å². The van der Waals surface area contributed by atoms with Crippen LogP contribution < -0.4 is 10.6 Å². The second kappa shape index (κ2) is 6.09. The van der Waals surface area contributed by atoms with Gasteiger partial charge in [0.15, 0.2) is 0 Å². The maximum atomic E-state index is 12.3. The van der Waals surface area contributed by atoms with Crippen LogP contribution in [0.1, 0.15) is 6.92 Å². The Morgan fingerprint density at radius 1 is 1.21 bits per heavy atom. The lowest BCUT2D eigenvalue weighted by Crippen LogP contribution is -2.48. The van der Waals surface area contributed by atoms with Gasteiger partial charge in [-0.15, -0.1) is 0 Å². The topological polar surface area (TPSA) is 59.0 Å². The summed E-state index contributed by atoms with van der Waals surface area (Å²) in [4.78, 5) is 16.7. The highest BCUT2D eigenvalue weighted by atomic mass is 16.1. The predicted octanol–water partition coefficient (Wildman–Crippen LogP) is 2.82. The standard InChI is InChI=1S/C19H20N4O/c1-13(14-10-20-11-14)19(24)22-15-6-8-16(9-7-15)23-12-21-17-4-2-3-5-18(17)23/h2-9,12-14,20H,10-11H2,1H3,(H,22,24). The molecule has 0 aliphatic carbocycles. The Hall–Kier alpha value is -2.66. The molecule has 0 radical (unpaired) electrons. The van der Waals surface area contributed by atoms with Crippen molar-refractivity contribution in [1.29, 1.82) is 0 Å². The molecule has 1 aromatic heterocycles. The van der Waals surface area contributed by atoms with E-state index < -0.39 is 0 Å². The van der Waals surface area contributed by atoms with Crippen LogP contribution in [0.25, 0.3) is 16.7 Å². The maximum Gasteiger partial charge on any atom is 0.227 e. The summed E-state index contributed by atoms with van der Waals surface area (Å²) in [5.74, 6) is 0.562. The van der Waals surface area contributed by atoms with Crippen molar-refractivity contribution in [1.82, 2.24) is 14.9 Å². The van der Waals surface area contributed by atoms with Crippen LogP contribution in [0, 0.1) is 11.8 Å². The van der Waals surface area contributed by atoms with E-state index in [9.17, 15) is 4.79 Å². The van der Waals surface area contributed by atoms with Gasteiger partial charge in [-0.1, -0.05) is 19.1 Å². The van der Waals surface area contributed by atoms with E-state index in [1.54, 1.807) is 0 Å². The van der Waals surface area contributed by atoms with Crippen LogP contribution in [0.5, 0.6) is 0 Å². The van der Waals surface area contributed by atoms with E-state index in [1.165, 1.54) is 0 Å². The van der Waals surface area contributed by atoms with Crippen LogP contribution in [0.15, 0.2) is 54.9 Å². The van der Waals surface area contributed by atoms with E-state index in [0.717, 1.165) is 35.5 Å². The zero-order chi connectivity index (χ0) is 16.5. The Morgan fingerprint density at radius 3 is 2.67 bits per heavy atom. The number of benzene rings is 2. The van der Waals surface area contributed by atoms with Crippen molar-refractivity contribution in [3.05, 3.63) is 54.9 Å². The van der Waals surface area contributed by atoms with E-state index in [0.29, 0.717) is 5.92 Å². The lowest BCUT2D eigenvalue weighted by atomic mass is 9.88. The Kier molecular flexibility index (Phi) is 3.78. The van der Waals surface area contributed by atoms with Crippen molar-refractivity contribution in [2.75, 3.05) is 18.4 Å². The van der Waals surface area contributed by atoms with E-state index >= 15 is 0 Å². The summed E-state index contributed by atoms with van der Waals surface area (Å²) >= 11 is 0. The van der Waals surface area contributed by atoms with Gasteiger partial charge < -0.3 is 10.6 Å². The number of aromatic nitrogens is 2. The molecule has 1 aliphatic heterocycles. The van der Waals surface area contributed by atoms with Gasteiger partial charge in [0.05, 0.1) is 11.0 Å². The van der Waals surface area contributed by atoms with E-state index in [1.807, 2.05) is 66.3 Å². The Balaban J connectivity index is 1.51. The van der Waals surface area contributed by atoms with Crippen molar-refractivity contribution in [3.8, 4) is 5.69 Å². The molecule has 1 unspecified atom stereocenters. The summed E-state index contributed by atoms with van der Waals surface area (Å²) in [6.07, 6.45) is 1.82. The van der Waals surface area contributed by atoms with Crippen molar-refractivity contribution < 1.29 is 4.79 Å². The van der Waals surface area contributed by atoms with E-state index in [2.05, 4.69) is 15.6 Å². The first kappa shape index (κ1) is 14.9. The van der Waals surface area contributed by atoms with Crippen LogP contribution >= 0.6 is 0 Å². The second-order valence-electron chi connectivity index (χ2n) is 6.35. The van der Waals surface area contributed by atoms with Crippen LogP contribution in [-0.2, 0) is 4.79 Å². The molecule has 1 atom stereocenters. The molecule has 1 aliphatic rings. The fraction of sp³-hybridized carbons (Fsp3) is 0.263. The number of amides is 1. The zero-order valence-corrected chi connectivity index (χ0v) is 13.6. The first-order valence-electron chi connectivity index (χ1n) is 8.26. The summed E-state index contributed by atoms with van der Waals surface area (Å²) in [6, 6.07) is 15.9. The van der Waals surface area contributed by atoms with Gasteiger partial charge in [-0.05, 0) is 55.4 Å². The van der Waals surface area contributed by atoms with E-state index in [4.69, 9.17) is 0 Å². The minimum atomic E-state index is 0.0310. The summed E-state index contributed by atoms with van der Waals surface area (Å²) in [5, 5.41) is 6.22. The lowest BCUT2D eigenvalue weighted by molar-refractivity contribution is -0.121. The van der Waals surface area contributed by atoms with Crippen molar-refractivity contribution in [2.45, 2.75) is 6.92 Å². The van der Waals surface area contributed by atoms with Crippen molar-refractivity contribution in [2.24, 2.45) is 11.8 Å². The second-order valence-corrected chi connectivity index (χ2v) is 6.35. The number of hydrogen-bond donors (Lipinski definition) is 2. The summed E-state index contributed by atoms with van der Waals surface area (Å²) in [7, 11) is 0. The monoisotopic (exact) mass is 320 g/mol. The molecular formula is C19H20N4O. The van der Waals surface area contributed by atoms with Gasteiger partial charge >= 0.3 is 0 Å². The largest absolute Gasteiger partial charge is 0.326 e. The highest BCUT2D eigenvalue weighted by Crippen LogP contribution is 2.21. The molecule has 1 amide bonds. The van der Waals surface area contributed by atoms with Crippen LogP contribution in [-0.4, -0.2) is 28.5 Å². The molecule has 24 heavy (non-hydrogen) atoms. The maximum absolute atomic E-state index is 12.3. The number of hydrogen-bond acceptors (Lipinski definition) is 3. The molecule has 2 N–H and O–H groups in total. The number of para-hydroxylation sites is 2. The number of carbonyl (C=O) groups is 1. The number of fused-ring (bicyclic) bond motifs is 1. The number of nitrogens with one attached hydrogen (secondary N) is 2. The van der Waals surface area contributed by atoms with Gasteiger partial charge in [0.25, 0.3) is 0 Å². The average molecular weight is 320 g/mol. The molecule has 5 nitrogen and oxygen atoms in total. The van der Waals surface area contributed by atoms with Crippen LogP contribution in [0.2, 0.25) is 0 Å². The smallest absolute Gasteiger partial charge is 0.227 e. The molecular weight excluding hydrogens is 300 g/mol. The molecule has 0 bridgehead atoms. The van der Waals surface area contributed by atoms with Crippen LogP contribution in [0.3, 0.4) is 0 Å². The molecule has 2 heterocycles. The summed E-state index contributed by atoms with van der Waals surface area (Å²) in [6.45, 7) is 3.86. The third-order valence-corrected chi connectivity index (χ3v) is 4.80. The number of carbonyl (C=O) groups excluding carboxylic acids is 1. The molecule has 3 aromatic rings. The molecule has 4 rings (SSSR count). The number of imidazole rings is 1. The minimum absolute atomic E-state index is 0.0310. The minimum Gasteiger partial charge on any atom is -0.326 e. The molecule has 2 aromatic carbocycles. The molecule has 0 saturated carbocycles. The number of rotatable bonds is 4. The van der Waals surface area contributed by atoms with Gasteiger partial charge in [0.2, 0.25) is 5.91 Å². The fourth-order valence-electron chi connectivity index (χ4n) is 3.01. The number of nitrogens with zero attached hydrogens (tertiary/aromatic N) is 2. The van der Waals surface area contributed by atoms with Gasteiger partial charge in [0, 0.05) is 17.3 Å². The predicted molar refractivity (Wildman–Crippen MR) is 95.2 cm³/mol. The van der Waals surface area contributed by atoms with Gasteiger partial charge in [0.1, 0.15) is 6.33 Å². The first-order chi connectivity index (χ1) is 11.7. The third kappa shape index (κ3) is 2.67. The molecule has 1 fully saturated rings. The SMILES string of the molecule is CC(C(=O)Nc1ccc(-n2cnc3ccccc32)cc1)C1CNC1. The van der Waals surface area contributed by atoms with Gasteiger partial charge in [-0.2, -0.15) is 0 Å². The molecule has 5 heteroatoms. The molecule has 122 valence electrons. The third-order valence-electron chi connectivity index (χ3n) is 4.80. The lowest BCUT2D eigenvalue weighted by Gasteiger charge is -2.31. The van der Waals surface area contributed by atoms with Gasteiger partial charge in [-0.3, -0.25) is 9.36 Å². The van der Waals surface area contributed by atoms with Crippen molar-refractivity contribution in [3.63, 3.8) is 0 Å². The highest BCUT2D eigenvalue weighted by molar-refractivity contribution is 5.92. The highest BCUT2D eigenvalue weighted by Gasteiger charge is 2.28. The Morgan fingerprint density at radius 2 is 1.96 bits per heavy atom. The first-order valence-corrected chi connectivity index (χ1v) is 8.26. The van der Waals surface area contributed by atoms with Gasteiger partial charge in [-0.25, -0.2) is 4.98 Å². The average Bonchev–Trinajstić information content (AvgIpc) is 2.98. The fourth-order valence-corrected chi connectivity index (χ4v) is 3.01. The Bertz CT molecular complexity index is 864. The number of anilines is 1. The molecule has 1 saturated heterocycles. The molecule has 0 spiro atoms. The summed E-state index contributed by atoms with van der Waals surface area (Å²) in [5.41, 5.74) is 3.89. The zero-order valence-electron chi connectivity index (χ0n) is 13.6. The quantitative estimate of drug-likeness (QED) is 0.777. The normalized spacial score (nSPS) is 15.9. The Labute approximate surface area is 140 Å².